The Balaban J connectivity index is 2.21. The molecule has 0 aromatic rings. The van der Waals surface area contributed by atoms with Gasteiger partial charge in [-0.05, 0) is 12.8 Å². The summed E-state index contributed by atoms with van der Waals surface area (Å²) in [5, 5.41) is 0. The third-order valence-electron chi connectivity index (χ3n) is 4.07. The minimum atomic E-state index is 0.177. The van der Waals surface area contributed by atoms with Crippen LogP contribution >= 0.6 is 0 Å². The van der Waals surface area contributed by atoms with Gasteiger partial charge in [-0.15, -0.1) is 0 Å². The number of ketones is 1. The molecule has 0 N–H and O–H groups in total. The molecule has 1 aliphatic heterocycles. The maximum Gasteiger partial charge on any atom is 0.136 e. The van der Waals surface area contributed by atoms with Crippen LogP contribution < -0.4 is 0 Å². The van der Waals surface area contributed by atoms with Gasteiger partial charge in [0.2, 0.25) is 0 Å². The van der Waals surface area contributed by atoms with Crippen molar-refractivity contribution < 1.29 is 4.79 Å². The van der Waals surface area contributed by atoms with Gasteiger partial charge < -0.3 is 9.80 Å². The van der Waals surface area contributed by atoms with Crippen LogP contribution in [0, 0.1) is 11.8 Å². The fourth-order valence-electron chi connectivity index (χ4n) is 2.59. The normalized spacial score (nSPS) is 19.9. The molecule has 0 aliphatic carbocycles. The number of rotatable bonds is 8. The predicted octanol–water partition coefficient (Wildman–Crippen LogP) is 2.99. The van der Waals surface area contributed by atoms with Crippen LogP contribution in [0.1, 0.15) is 34.1 Å². The molecule has 1 unspecified atom stereocenters. The van der Waals surface area contributed by atoms with Crippen LogP contribution in [-0.2, 0) is 4.79 Å². The molecule has 0 saturated carbocycles. The lowest BCUT2D eigenvalue weighted by molar-refractivity contribution is -0.122. The number of carbonyl (C=O) groups excluding carboxylic acids is 1. The van der Waals surface area contributed by atoms with Crippen molar-refractivity contribution in [3.63, 3.8) is 0 Å². The average Bonchev–Trinajstić information content (AvgIpc) is 2.46. The van der Waals surface area contributed by atoms with Gasteiger partial charge in [-0.2, -0.15) is 0 Å². The zero-order chi connectivity index (χ0) is 15.7. The van der Waals surface area contributed by atoms with Crippen molar-refractivity contribution in [2.75, 3.05) is 39.3 Å². The first-order valence-corrected chi connectivity index (χ1v) is 8.29. The molecule has 0 amide bonds. The van der Waals surface area contributed by atoms with Crippen LogP contribution in [0.3, 0.4) is 0 Å². The maximum atomic E-state index is 11.7. The number of hydrogen-bond acceptors (Lipinski definition) is 3. The van der Waals surface area contributed by atoms with Gasteiger partial charge in [0.1, 0.15) is 5.78 Å². The van der Waals surface area contributed by atoms with Crippen LogP contribution in [0.4, 0.5) is 0 Å². The lowest BCUT2D eigenvalue weighted by atomic mass is 10.1. The Hall–Kier alpha value is -0.930. The first-order valence-electron chi connectivity index (χ1n) is 8.29. The Morgan fingerprint density at radius 3 is 2.24 bits per heavy atom. The first kappa shape index (κ1) is 18.1. The minimum Gasteiger partial charge on any atom is -0.300 e. The summed E-state index contributed by atoms with van der Waals surface area (Å²) in [5.41, 5.74) is 0. The Bertz CT molecular complexity index is 352. The lowest BCUT2D eigenvalue weighted by Gasteiger charge is -2.35. The van der Waals surface area contributed by atoms with Crippen molar-refractivity contribution in [1.29, 1.82) is 0 Å². The van der Waals surface area contributed by atoms with Gasteiger partial charge in [0.05, 0.1) is 0 Å². The SMILES string of the molecule is C/C=C\C=C/C(C)CN1CCN(CCC(=O)C(C)C)CC1. The van der Waals surface area contributed by atoms with Crippen molar-refractivity contribution in [3.8, 4) is 0 Å². The van der Waals surface area contributed by atoms with Crippen molar-refractivity contribution >= 4 is 5.78 Å². The molecule has 1 saturated heterocycles. The standard InChI is InChI=1S/C18H32N2O/c1-5-6-7-8-17(4)15-20-13-11-19(12-14-20)10-9-18(21)16(2)3/h5-8,16-17H,9-15H2,1-4H3/b6-5-,8-7-. The zero-order valence-corrected chi connectivity index (χ0v) is 14.2. The molecule has 0 radical (unpaired) electrons. The molecular weight excluding hydrogens is 260 g/mol. The van der Waals surface area contributed by atoms with E-state index in [-0.39, 0.29) is 5.92 Å². The largest absolute Gasteiger partial charge is 0.300 e. The van der Waals surface area contributed by atoms with Crippen molar-refractivity contribution in [2.24, 2.45) is 11.8 Å². The molecule has 1 atom stereocenters. The van der Waals surface area contributed by atoms with Crippen molar-refractivity contribution in [1.82, 2.24) is 9.80 Å². The van der Waals surface area contributed by atoms with E-state index in [0.717, 1.165) is 39.3 Å². The Labute approximate surface area is 130 Å². The number of nitrogens with zero attached hydrogens (tertiary/aromatic N) is 2. The van der Waals surface area contributed by atoms with E-state index >= 15 is 0 Å². The average molecular weight is 292 g/mol. The maximum absolute atomic E-state index is 11.7. The summed E-state index contributed by atoms with van der Waals surface area (Å²) in [4.78, 5) is 16.6. The van der Waals surface area contributed by atoms with Gasteiger partial charge in [-0.25, -0.2) is 0 Å². The molecule has 0 aromatic heterocycles. The molecular formula is C18H32N2O. The van der Waals surface area contributed by atoms with E-state index in [1.54, 1.807) is 0 Å². The summed E-state index contributed by atoms with van der Waals surface area (Å²) < 4.78 is 0. The predicted molar refractivity (Wildman–Crippen MR) is 90.5 cm³/mol. The van der Waals surface area contributed by atoms with Gasteiger partial charge in [-0.1, -0.05) is 45.1 Å². The lowest BCUT2D eigenvalue weighted by Crippen LogP contribution is -2.47. The summed E-state index contributed by atoms with van der Waals surface area (Å²) in [7, 11) is 0. The number of Topliss-reactive ketones (excluding diaryl/α,β-unsaturated/α-hetero) is 1. The highest BCUT2D eigenvalue weighted by Gasteiger charge is 2.18. The highest BCUT2D eigenvalue weighted by molar-refractivity contribution is 5.80. The third-order valence-corrected chi connectivity index (χ3v) is 4.07. The molecule has 1 heterocycles. The van der Waals surface area contributed by atoms with Crippen LogP contribution in [-0.4, -0.2) is 54.9 Å². The van der Waals surface area contributed by atoms with Crippen LogP contribution in [0.15, 0.2) is 24.3 Å². The summed E-state index contributed by atoms with van der Waals surface area (Å²) in [6.07, 6.45) is 9.26. The van der Waals surface area contributed by atoms with E-state index in [0.29, 0.717) is 18.1 Å². The molecule has 3 nitrogen and oxygen atoms in total. The minimum absolute atomic E-state index is 0.177. The summed E-state index contributed by atoms with van der Waals surface area (Å²) in [5.74, 6) is 1.16. The number of hydrogen-bond donors (Lipinski definition) is 0. The molecule has 1 rings (SSSR count). The molecule has 0 aromatic carbocycles. The molecule has 0 spiro atoms. The second-order valence-corrected chi connectivity index (χ2v) is 6.40. The van der Waals surface area contributed by atoms with Gasteiger partial charge in [-0.3, -0.25) is 4.79 Å². The smallest absolute Gasteiger partial charge is 0.136 e. The van der Waals surface area contributed by atoms with Gasteiger partial charge in [0.25, 0.3) is 0 Å². The van der Waals surface area contributed by atoms with E-state index in [9.17, 15) is 4.79 Å². The number of allylic oxidation sites excluding steroid dienone is 3. The highest BCUT2D eigenvalue weighted by atomic mass is 16.1. The Morgan fingerprint density at radius 1 is 1.05 bits per heavy atom. The molecule has 120 valence electrons. The molecule has 1 fully saturated rings. The number of piperazine rings is 1. The Kier molecular flexibility index (Phi) is 8.55. The summed E-state index contributed by atoms with van der Waals surface area (Å²) in [6, 6.07) is 0. The second kappa shape index (κ2) is 9.91. The second-order valence-electron chi connectivity index (χ2n) is 6.40. The van der Waals surface area contributed by atoms with Crippen LogP contribution in [0.5, 0.6) is 0 Å². The third kappa shape index (κ3) is 7.58. The van der Waals surface area contributed by atoms with Crippen LogP contribution in [0.2, 0.25) is 0 Å². The van der Waals surface area contributed by atoms with Gasteiger partial charge in [0.15, 0.2) is 0 Å². The zero-order valence-electron chi connectivity index (χ0n) is 14.2. The monoisotopic (exact) mass is 292 g/mol. The molecule has 0 bridgehead atoms. The van der Waals surface area contributed by atoms with Crippen molar-refractivity contribution in [3.05, 3.63) is 24.3 Å². The first-order chi connectivity index (χ1) is 10.0. The number of carbonyl (C=O) groups is 1. The van der Waals surface area contributed by atoms with E-state index in [1.165, 1.54) is 0 Å². The fourth-order valence-corrected chi connectivity index (χ4v) is 2.59. The van der Waals surface area contributed by atoms with Crippen molar-refractivity contribution in [2.45, 2.75) is 34.1 Å². The molecule has 21 heavy (non-hydrogen) atoms. The molecule has 3 heteroatoms. The Morgan fingerprint density at radius 2 is 1.67 bits per heavy atom. The highest BCUT2D eigenvalue weighted by Crippen LogP contribution is 2.08. The van der Waals surface area contributed by atoms with E-state index in [2.05, 4.69) is 41.0 Å². The van der Waals surface area contributed by atoms with Crippen LogP contribution in [0.25, 0.3) is 0 Å². The van der Waals surface area contributed by atoms with E-state index in [1.807, 2.05) is 20.8 Å². The van der Waals surface area contributed by atoms with Gasteiger partial charge >= 0.3 is 0 Å². The van der Waals surface area contributed by atoms with E-state index < -0.39 is 0 Å². The topological polar surface area (TPSA) is 23.6 Å². The summed E-state index contributed by atoms with van der Waals surface area (Å²) >= 11 is 0. The fraction of sp³-hybridized carbons (Fsp3) is 0.722. The van der Waals surface area contributed by atoms with E-state index in [4.69, 9.17) is 0 Å². The quantitative estimate of drug-likeness (QED) is 0.643. The molecule has 1 aliphatic rings. The summed E-state index contributed by atoms with van der Waals surface area (Å²) in [6.45, 7) is 14.8. The van der Waals surface area contributed by atoms with Gasteiger partial charge in [0, 0.05) is 51.6 Å².